The van der Waals surface area contributed by atoms with Crippen LogP contribution in [-0.4, -0.2) is 100 Å². The van der Waals surface area contributed by atoms with Crippen molar-refractivity contribution in [2.24, 2.45) is 0 Å². The number of carbonyl (C=O) groups is 2. The van der Waals surface area contributed by atoms with Crippen molar-refractivity contribution in [3.05, 3.63) is 24.3 Å². The molecular formula is C56H105NO10. The van der Waals surface area contributed by atoms with E-state index in [-0.39, 0.29) is 18.5 Å². The highest BCUT2D eigenvalue weighted by molar-refractivity contribution is 5.76. The van der Waals surface area contributed by atoms with E-state index in [9.17, 15) is 35.1 Å². The van der Waals surface area contributed by atoms with E-state index in [1.54, 1.807) is 6.08 Å². The monoisotopic (exact) mass is 952 g/mol. The summed E-state index contributed by atoms with van der Waals surface area (Å²) in [6, 6.07) is -0.815. The molecule has 7 atom stereocenters. The van der Waals surface area contributed by atoms with Gasteiger partial charge >= 0.3 is 5.97 Å². The van der Waals surface area contributed by atoms with Gasteiger partial charge in [0.1, 0.15) is 24.4 Å². The lowest BCUT2D eigenvalue weighted by atomic mass is 9.99. The highest BCUT2D eigenvalue weighted by Crippen LogP contribution is 2.23. The molecule has 1 fully saturated rings. The minimum Gasteiger partial charge on any atom is -0.466 e. The molecule has 0 bridgehead atoms. The normalized spacial score (nSPS) is 19.7. The average Bonchev–Trinajstić information content (AvgIpc) is 3.32. The molecule has 11 nitrogen and oxygen atoms in total. The van der Waals surface area contributed by atoms with Gasteiger partial charge in [-0.15, -0.1) is 0 Å². The molecule has 7 unspecified atom stereocenters. The second-order valence-electron chi connectivity index (χ2n) is 19.6. The third kappa shape index (κ3) is 36.7. The predicted molar refractivity (Wildman–Crippen MR) is 274 cm³/mol. The number of hydrogen-bond acceptors (Lipinski definition) is 10. The summed E-state index contributed by atoms with van der Waals surface area (Å²) in [5.41, 5.74) is 0. The van der Waals surface area contributed by atoms with Crippen LogP contribution < -0.4 is 5.32 Å². The van der Waals surface area contributed by atoms with Crippen molar-refractivity contribution in [3.63, 3.8) is 0 Å². The first-order valence-electron chi connectivity index (χ1n) is 28.1. The van der Waals surface area contributed by atoms with Gasteiger partial charge < -0.3 is 45.1 Å². The molecule has 1 aliphatic heterocycles. The fourth-order valence-corrected chi connectivity index (χ4v) is 8.78. The van der Waals surface area contributed by atoms with E-state index < -0.39 is 49.5 Å². The molecule has 0 spiro atoms. The molecule has 1 rings (SSSR count). The SMILES string of the molecule is CCCCCCCC/C=C\CCCCCCCC(=O)OCCCCCCCCCCCCCCCCCC(=O)NC(COC1OC(CO)C(O)C(O)C1O)C(O)/C=C/CCCCCCCCC. The number of rotatable bonds is 48. The summed E-state index contributed by atoms with van der Waals surface area (Å²) >= 11 is 0. The zero-order valence-electron chi connectivity index (χ0n) is 43.1. The number of allylic oxidation sites excluding steroid dienone is 3. The maximum Gasteiger partial charge on any atom is 0.305 e. The maximum absolute atomic E-state index is 13.0. The minimum atomic E-state index is -1.57. The van der Waals surface area contributed by atoms with Crippen molar-refractivity contribution in [1.29, 1.82) is 0 Å². The summed E-state index contributed by atoms with van der Waals surface area (Å²) in [5.74, 6) is -0.219. The summed E-state index contributed by atoms with van der Waals surface area (Å²) in [6.07, 6.45) is 44.1. The second-order valence-corrected chi connectivity index (χ2v) is 19.6. The van der Waals surface area contributed by atoms with E-state index in [4.69, 9.17) is 14.2 Å². The Morgan fingerprint density at radius 2 is 0.955 bits per heavy atom. The fourth-order valence-electron chi connectivity index (χ4n) is 8.78. The van der Waals surface area contributed by atoms with Crippen molar-refractivity contribution >= 4 is 11.9 Å². The molecule has 0 aromatic carbocycles. The van der Waals surface area contributed by atoms with E-state index in [0.29, 0.717) is 19.4 Å². The number of aliphatic hydroxyl groups is 5. The molecule has 0 aromatic heterocycles. The van der Waals surface area contributed by atoms with E-state index in [1.807, 2.05) is 6.08 Å². The summed E-state index contributed by atoms with van der Waals surface area (Å²) in [5, 5.41) is 54.1. The van der Waals surface area contributed by atoms with Crippen molar-refractivity contribution in [2.75, 3.05) is 19.8 Å². The van der Waals surface area contributed by atoms with Crippen molar-refractivity contribution in [2.45, 2.75) is 301 Å². The predicted octanol–water partition coefficient (Wildman–Crippen LogP) is 12.2. The van der Waals surface area contributed by atoms with Crippen LogP contribution in [0.4, 0.5) is 0 Å². The molecule has 1 aliphatic rings. The molecule has 1 saturated heterocycles. The van der Waals surface area contributed by atoms with E-state index in [1.165, 1.54) is 161 Å². The zero-order chi connectivity index (χ0) is 48.8. The Balaban J connectivity index is 2.06. The van der Waals surface area contributed by atoms with Gasteiger partial charge in [-0.05, 0) is 57.8 Å². The van der Waals surface area contributed by atoms with Crippen LogP contribution in [0.5, 0.6) is 0 Å². The van der Waals surface area contributed by atoms with Gasteiger partial charge in [0.15, 0.2) is 6.29 Å². The number of unbranched alkanes of at least 4 members (excludes halogenated alkanes) is 32. The number of aliphatic hydroxyl groups excluding tert-OH is 5. The topological polar surface area (TPSA) is 175 Å². The molecule has 6 N–H and O–H groups in total. The van der Waals surface area contributed by atoms with Crippen LogP contribution >= 0.6 is 0 Å². The van der Waals surface area contributed by atoms with Crippen molar-refractivity contribution in [1.82, 2.24) is 5.32 Å². The van der Waals surface area contributed by atoms with Gasteiger partial charge in [0.05, 0.1) is 32.0 Å². The number of hydrogen-bond donors (Lipinski definition) is 6. The Hall–Kier alpha value is -1.86. The van der Waals surface area contributed by atoms with Gasteiger partial charge in [0, 0.05) is 12.8 Å². The van der Waals surface area contributed by atoms with Gasteiger partial charge in [-0.1, -0.05) is 212 Å². The Morgan fingerprint density at radius 1 is 0.537 bits per heavy atom. The lowest BCUT2D eigenvalue weighted by Gasteiger charge is -2.40. The average molecular weight is 952 g/mol. The maximum atomic E-state index is 13.0. The van der Waals surface area contributed by atoms with Crippen molar-refractivity contribution < 1.29 is 49.3 Å². The number of amides is 1. The van der Waals surface area contributed by atoms with E-state index in [0.717, 1.165) is 70.6 Å². The van der Waals surface area contributed by atoms with Gasteiger partial charge in [-0.25, -0.2) is 0 Å². The highest BCUT2D eigenvalue weighted by Gasteiger charge is 2.44. The summed E-state index contributed by atoms with van der Waals surface area (Å²) in [7, 11) is 0. The summed E-state index contributed by atoms with van der Waals surface area (Å²) in [6.45, 7) is 4.27. The highest BCUT2D eigenvalue weighted by atomic mass is 16.7. The lowest BCUT2D eigenvalue weighted by Crippen LogP contribution is -2.60. The van der Waals surface area contributed by atoms with Crippen LogP contribution in [-0.2, 0) is 23.8 Å². The first kappa shape index (κ1) is 63.2. The summed E-state index contributed by atoms with van der Waals surface area (Å²) in [4.78, 5) is 25.0. The number of esters is 1. The smallest absolute Gasteiger partial charge is 0.305 e. The third-order valence-corrected chi connectivity index (χ3v) is 13.3. The van der Waals surface area contributed by atoms with Gasteiger partial charge in [0.25, 0.3) is 0 Å². The Kier molecular flexibility index (Phi) is 43.8. The molecule has 0 aliphatic carbocycles. The lowest BCUT2D eigenvalue weighted by molar-refractivity contribution is -0.302. The Bertz CT molecular complexity index is 1170. The van der Waals surface area contributed by atoms with Crippen LogP contribution in [0.3, 0.4) is 0 Å². The number of carbonyl (C=O) groups excluding carboxylic acids is 2. The van der Waals surface area contributed by atoms with E-state index in [2.05, 4.69) is 31.3 Å². The van der Waals surface area contributed by atoms with Gasteiger partial charge in [-0.3, -0.25) is 9.59 Å². The Morgan fingerprint density at radius 3 is 1.43 bits per heavy atom. The second kappa shape index (κ2) is 46.5. The van der Waals surface area contributed by atoms with E-state index >= 15 is 0 Å². The van der Waals surface area contributed by atoms with Gasteiger partial charge in [-0.2, -0.15) is 0 Å². The molecule has 0 saturated carbocycles. The molecule has 1 heterocycles. The fraction of sp³-hybridized carbons (Fsp3) is 0.893. The van der Waals surface area contributed by atoms with Crippen LogP contribution in [0.15, 0.2) is 24.3 Å². The molecular weight excluding hydrogens is 847 g/mol. The van der Waals surface area contributed by atoms with Crippen LogP contribution in [0.1, 0.15) is 258 Å². The largest absolute Gasteiger partial charge is 0.466 e. The molecule has 67 heavy (non-hydrogen) atoms. The van der Waals surface area contributed by atoms with Gasteiger partial charge in [0.2, 0.25) is 5.91 Å². The minimum absolute atomic E-state index is 0.0268. The molecule has 394 valence electrons. The first-order chi connectivity index (χ1) is 32.7. The van der Waals surface area contributed by atoms with Crippen LogP contribution in [0.2, 0.25) is 0 Å². The Labute approximate surface area is 410 Å². The van der Waals surface area contributed by atoms with Crippen molar-refractivity contribution in [3.8, 4) is 0 Å². The zero-order valence-corrected chi connectivity index (χ0v) is 43.1. The molecule has 0 aromatic rings. The first-order valence-corrected chi connectivity index (χ1v) is 28.1. The molecule has 0 radical (unpaired) electrons. The quantitative estimate of drug-likeness (QED) is 0.0196. The van der Waals surface area contributed by atoms with Crippen LogP contribution in [0.25, 0.3) is 0 Å². The number of ether oxygens (including phenoxy) is 3. The standard InChI is InChI=1S/C56H105NO10/c1-3-5-7-9-11-13-14-15-17-21-24-28-32-36-40-44-52(61)65-45-41-37-33-29-25-22-19-16-18-20-23-27-31-35-39-43-51(60)57-48(49(59)42-38-34-30-26-12-10-8-6-4-2)47-66-56-55(64)54(63)53(62)50(46-58)67-56/h15,17,38,42,48-50,53-56,58-59,62-64H,3-14,16,18-37,39-41,43-47H2,1-2H3,(H,57,60)/b17-15-,42-38+. The third-order valence-electron chi connectivity index (χ3n) is 13.3. The number of nitrogens with one attached hydrogen (secondary N) is 1. The summed E-state index contributed by atoms with van der Waals surface area (Å²) < 4.78 is 16.7. The molecule has 11 heteroatoms. The van der Waals surface area contributed by atoms with Crippen LogP contribution in [0, 0.1) is 0 Å². The molecule has 1 amide bonds.